The van der Waals surface area contributed by atoms with Crippen LogP contribution in [0.15, 0.2) is 36.4 Å². The van der Waals surface area contributed by atoms with Crippen LogP contribution in [0.25, 0.3) is 0 Å². The highest BCUT2D eigenvalue weighted by molar-refractivity contribution is 5.56. The van der Waals surface area contributed by atoms with Gasteiger partial charge in [0.25, 0.3) is 0 Å². The van der Waals surface area contributed by atoms with Crippen molar-refractivity contribution in [3.63, 3.8) is 0 Å². The van der Waals surface area contributed by atoms with Crippen LogP contribution < -0.4 is 19.9 Å². The molecule has 2 rings (SSSR count). The van der Waals surface area contributed by atoms with E-state index in [0.717, 1.165) is 22.6 Å². The summed E-state index contributed by atoms with van der Waals surface area (Å²) >= 11 is 0. The molecule has 0 heterocycles. The minimum atomic E-state index is 0.169. The molecule has 0 saturated heterocycles. The molecule has 0 aliphatic rings. The van der Waals surface area contributed by atoms with Gasteiger partial charge >= 0.3 is 0 Å². The number of nitrogens with two attached hydrogens (primary N) is 1. The van der Waals surface area contributed by atoms with Gasteiger partial charge in [0.15, 0.2) is 0 Å². The SMILES string of the molecule is COc1cc(OC)cc(C(C)c2ccc(OC)c(N)c2)c1. The molecule has 0 aliphatic heterocycles. The molecule has 2 N–H and O–H groups in total. The Hall–Kier alpha value is -2.36. The summed E-state index contributed by atoms with van der Waals surface area (Å²) in [4.78, 5) is 0. The predicted octanol–water partition coefficient (Wildman–Crippen LogP) is 3.45. The van der Waals surface area contributed by atoms with E-state index in [1.54, 1.807) is 21.3 Å². The van der Waals surface area contributed by atoms with Crippen molar-refractivity contribution in [2.45, 2.75) is 12.8 Å². The summed E-state index contributed by atoms with van der Waals surface area (Å²) in [6, 6.07) is 11.7. The molecule has 0 aliphatic carbocycles. The molecule has 0 amide bonds. The van der Waals surface area contributed by atoms with Crippen molar-refractivity contribution in [2.24, 2.45) is 0 Å². The maximum absolute atomic E-state index is 5.99. The molecule has 0 saturated carbocycles. The van der Waals surface area contributed by atoms with Crippen molar-refractivity contribution in [3.8, 4) is 17.2 Å². The molecular weight excluding hydrogens is 266 g/mol. The number of methoxy groups -OCH3 is 3. The van der Waals surface area contributed by atoms with E-state index >= 15 is 0 Å². The Balaban J connectivity index is 2.39. The second-order valence-corrected chi connectivity index (χ2v) is 4.87. The van der Waals surface area contributed by atoms with E-state index in [-0.39, 0.29) is 5.92 Å². The number of hydrogen-bond donors (Lipinski definition) is 1. The van der Waals surface area contributed by atoms with E-state index in [1.807, 2.05) is 36.4 Å². The van der Waals surface area contributed by atoms with Gasteiger partial charge in [0.2, 0.25) is 0 Å². The van der Waals surface area contributed by atoms with Gasteiger partial charge < -0.3 is 19.9 Å². The summed E-state index contributed by atoms with van der Waals surface area (Å²) in [6.07, 6.45) is 0. The van der Waals surface area contributed by atoms with Crippen LogP contribution in [0.2, 0.25) is 0 Å². The molecule has 1 unspecified atom stereocenters. The average Bonchev–Trinajstić information content (AvgIpc) is 2.53. The van der Waals surface area contributed by atoms with Gasteiger partial charge in [-0.1, -0.05) is 13.0 Å². The highest BCUT2D eigenvalue weighted by Crippen LogP contribution is 2.33. The maximum Gasteiger partial charge on any atom is 0.141 e. The fourth-order valence-corrected chi connectivity index (χ4v) is 2.29. The minimum absolute atomic E-state index is 0.169. The number of hydrogen-bond acceptors (Lipinski definition) is 4. The van der Waals surface area contributed by atoms with Crippen LogP contribution in [0.4, 0.5) is 5.69 Å². The maximum atomic E-state index is 5.99. The summed E-state index contributed by atoms with van der Waals surface area (Å²) in [7, 11) is 4.91. The first kappa shape index (κ1) is 15.0. The fourth-order valence-electron chi connectivity index (χ4n) is 2.29. The predicted molar refractivity (Wildman–Crippen MR) is 84.5 cm³/mol. The van der Waals surface area contributed by atoms with Crippen molar-refractivity contribution in [1.29, 1.82) is 0 Å². The zero-order valence-corrected chi connectivity index (χ0v) is 12.8. The van der Waals surface area contributed by atoms with Gasteiger partial charge in [-0.2, -0.15) is 0 Å². The summed E-state index contributed by atoms with van der Waals surface area (Å²) in [5.41, 5.74) is 8.84. The van der Waals surface area contributed by atoms with E-state index in [1.165, 1.54) is 0 Å². The lowest BCUT2D eigenvalue weighted by atomic mass is 9.92. The van der Waals surface area contributed by atoms with Crippen LogP contribution in [-0.4, -0.2) is 21.3 Å². The van der Waals surface area contributed by atoms with Gasteiger partial charge in [-0.25, -0.2) is 0 Å². The van der Waals surface area contributed by atoms with Crippen molar-refractivity contribution >= 4 is 5.69 Å². The van der Waals surface area contributed by atoms with Crippen LogP contribution in [0.3, 0.4) is 0 Å². The molecule has 2 aromatic carbocycles. The van der Waals surface area contributed by atoms with Gasteiger partial charge in [-0.15, -0.1) is 0 Å². The zero-order valence-electron chi connectivity index (χ0n) is 12.8. The number of ether oxygens (including phenoxy) is 3. The van der Waals surface area contributed by atoms with E-state index in [9.17, 15) is 0 Å². The number of nitrogen functional groups attached to an aromatic ring is 1. The zero-order chi connectivity index (χ0) is 15.4. The summed E-state index contributed by atoms with van der Waals surface area (Å²) < 4.78 is 15.8. The van der Waals surface area contributed by atoms with E-state index in [4.69, 9.17) is 19.9 Å². The molecule has 0 bridgehead atoms. The van der Waals surface area contributed by atoms with Crippen LogP contribution >= 0.6 is 0 Å². The molecule has 0 spiro atoms. The Bertz CT molecular complexity index is 603. The number of rotatable bonds is 5. The van der Waals surface area contributed by atoms with Crippen molar-refractivity contribution in [3.05, 3.63) is 47.5 Å². The monoisotopic (exact) mass is 287 g/mol. The quantitative estimate of drug-likeness (QED) is 0.856. The smallest absolute Gasteiger partial charge is 0.141 e. The third kappa shape index (κ3) is 3.21. The van der Waals surface area contributed by atoms with Gasteiger partial charge in [0.05, 0.1) is 27.0 Å². The lowest BCUT2D eigenvalue weighted by molar-refractivity contribution is 0.393. The average molecular weight is 287 g/mol. The first-order valence-corrected chi connectivity index (χ1v) is 6.75. The lowest BCUT2D eigenvalue weighted by Gasteiger charge is -2.16. The molecular formula is C17H21NO3. The van der Waals surface area contributed by atoms with Gasteiger partial charge in [0.1, 0.15) is 17.2 Å². The summed E-state index contributed by atoms with van der Waals surface area (Å²) in [5.74, 6) is 2.41. The third-order valence-corrected chi connectivity index (χ3v) is 3.63. The molecule has 21 heavy (non-hydrogen) atoms. The Labute approximate surface area is 125 Å². The van der Waals surface area contributed by atoms with E-state index in [0.29, 0.717) is 11.4 Å². The first-order chi connectivity index (χ1) is 10.1. The van der Waals surface area contributed by atoms with Crippen molar-refractivity contribution < 1.29 is 14.2 Å². The Morgan fingerprint density at radius 1 is 0.810 bits per heavy atom. The van der Waals surface area contributed by atoms with Gasteiger partial charge in [-0.05, 0) is 35.4 Å². The van der Waals surface area contributed by atoms with Crippen LogP contribution in [0.5, 0.6) is 17.2 Å². The van der Waals surface area contributed by atoms with Crippen molar-refractivity contribution in [2.75, 3.05) is 27.1 Å². The van der Waals surface area contributed by atoms with E-state index in [2.05, 4.69) is 6.92 Å². The topological polar surface area (TPSA) is 53.7 Å². The second-order valence-electron chi connectivity index (χ2n) is 4.87. The molecule has 112 valence electrons. The fraction of sp³-hybridized carbons (Fsp3) is 0.294. The van der Waals surface area contributed by atoms with Crippen LogP contribution in [0.1, 0.15) is 24.0 Å². The Morgan fingerprint density at radius 2 is 1.43 bits per heavy atom. The second kappa shape index (κ2) is 6.39. The molecule has 4 nitrogen and oxygen atoms in total. The number of benzene rings is 2. The Kier molecular flexibility index (Phi) is 4.58. The molecule has 1 atom stereocenters. The largest absolute Gasteiger partial charge is 0.497 e. The molecule has 2 aromatic rings. The molecule has 0 aromatic heterocycles. The first-order valence-electron chi connectivity index (χ1n) is 6.75. The molecule has 0 fully saturated rings. The number of anilines is 1. The molecule has 0 radical (unpaired) electrons. The lowest BCUT2D eigenvalue weighted by Crippen LogP contribution is -2.00. The normalized spacial score (nSPS) is 11.8. The van der Waals surface area contributed by atoms with Gasteiger partial charge in [-0.3, -0.25) is 0 Å². The van der Waals surface area contributed by atoms with Crippen LogP contribution in [0, 0.1) is 0 Å². The highest BCUT2D eigenvalue weighted by atomic mass is 16.5. The summed E-state index contributed by atoms with van der Waals surface area (Å²) in [6.45, 7) is 2.12. The molecule has 4 heteroatoms. The van der Waals surface area contributed by atoms with Crippen molar-refractivity contribution in [1.82, 2.24) is 0 Å². The van der Waals surface area contributed by atoms with Gasteiger partial charge in [0, 0.05) is 12.0 Å². The standard InChI is InChI=1S/C17H21NO3/c1-11(12-5-6-17(21-4)16(18)9-12)13-7-14(19-2)10-15(8-13)20-3/h5-11H,18H2,1-4H3. The highest BCUT2D eigenvalue weighted by Gasteiger charge is 2.13. The minimum Gasteiger partial charge on any atom is -0.497 e. The van der Waals surface area contributed by atoms with Crippen LogP contribution in [-0.2, 0) is 0 Å². The Morgan fingerprint density at radius 3 is 1.90 bits per heavy atom. The van der Waals surface area contributed by atoms with E-state index < -0.39 is 0 Å². The third-order valence-electron chi connectivity index (χ3n) is 3.63. The summed E-state index contributed by atoms with van der Waals surface area (Å²) in [5, 5.41) is 0.